The third kappa shape index (κ3) is 5.85. The molecule has 1 atom stereocenters. The standard InChI is InChI=1S/C17H26N2O3/c1-5-19(6-2)12-14-7-9-15(10-8-14)17(21)18-13(3)11-16(20)22-4/h7-10,13H,5-6,11-12H2,1-4H3,(H,18,21)/t13-/m0/s1. The van der Waals surface area contributed by atoms with Crippen LogP contribution in [-0.2, 0) is 16.1 Å². The summed E-state index contributed by atoms with van der Waals surface area (Å²) in [5, 5.41) is 2.79. The van der Waals surface area contributed by atoms with Crippen LogP contribution >= 0.6 is 0 Å². The second-order valence-corrected chi connectivity index (χ2v) is 5.31. The van der Waals surface area contributed by atoms with Gasteiger partial charge >= 0.3 is 5.97 Å². The highest BCUT2D eigenvalue weighted by Crippen LogP contribution is 2.08. The van der Waals surface area contributed by atoms with Gasteiger partial charge in [0, 0.05) is 18.2 Å². The van der Waals surface area contributed by atoms with Crippen LogP contribution in [0.4, 0.5) is 0 Å². The number of hydrogen-bond acceptors (Lipinski definition) is 4. The monoisotopic (exact) mass is 306 g/mol. The minimum Gasteiger partial charge on any atom is -0.469 e. The molecule has 0 saturated heterocycles. The molecule has 0 aliphatic carbocycles. The maximum atomic E-state index is 12.1. The molecule has 22 heavy (non-hydrogen) atoms. The van der Waals surface area contributed by atoms with Gasteiger partial charge in [0.05, 0.1) is 13.5 Å². The molecule has 0 aromatic heterocycles. The first-order valence-corrected chi connectivity index (χ1v) is 7.69. The third-order valence-corrected chi connectivity index (χ3v) is 3.59. The lowest BCUT2D eigenvalue weighted by molar-refractivity contribution is -0.141. The van der Waals surface area contributed by atoms with Gasteiger partial charge in [-0.05, 0) is 37.7 Å². The lowest BCUT2D eigenvalue weighted by atomic mass is 10.1. The molecule has 0 heterocycles. The first-order valence-electron chi connectivity index (χ1n) is 7.69. The number of amides is 1. The van der Waals surface area contributed by atoms with E-state index in [1.165, 1.54) is 12.7 Å². The molecule has 0 aliphatic rings. The molecule has 122 valence electrons. The topological polar surface area (TPSA) is 58.6 Å². The highest BCUT2D eigenvalue weighted by atomic mass is 16.5. The van der Waals surface area contributed by atoms with E-state index in [2.05, 4.69) is 28.8 Å². The Morgan fingerprint density at radius 3 is 2.27 bits per heavy atom. The molecular weight excluding hydrogens is 280 g/mol. The summed E-state index contributed by atoms with van der Waals surface area (Å²) in [6.07, 6.45) is 0.169. The maximum Gasteiger partial charge on any atom is 0.307 e. The molecule has 0 unspecified atom stereocenters. The first kappa shape index (κ1) is 18.2. The van der Waals surface area contributed by atoms with Crippen molar-refractivity contribution in [3.05, 3.63) is 35.4 Å². The van der Waals surface area contributed by atoms with Crippen LogP contribution in [0.3, 0.4) is 0 Å². The van der Waals surface area contributed by atoms with Crippen molar-refractivity contribution in [1.29, 1.82) is 0 Å². The van der Waals surface area contributed by atoms with Crippen LogP contribution in [-0.4, -0.2) is 43.0 Å². The Kier molecular flexibility index (Phi) is 7.60. The van der Waals surface area contributed by atoms with Crippen LogP contribution in [0.1, 0.15) is 43.1 Å². The Balaban J connectivity index is 2.58. The molecule has 1 N–H and O–H groups in total. The number of methoxy groups -OCH3 is 1. The second-order valence-electron chi connectivity index (χ2n) is 5.31. The largest absolute Gasteiger partial charge is 0.469 e. The van der Waals surface area contributed by atoms with E-state index >= 15 is 0 Å². The summed E-state index contributed by atoms with van der Waals surface area (Å²) < 4.78 is 4.59. The van der Waals surface area contributed by atoms with Crippen molar-refractivity contribution in [1.82, 2.24) is 10.2 Å². The summed E-state index contributed by atoms with van der Waals surface area (Å²) in [7, 11) is 1.34. The van der Waals surface area contributed by atoms with Crippen molar-refractivity contribution in [2.75, 3.05) is 20.2 Å². The summed E-state index contributed by atoms with van der Waals surface area (Å²) >= 11 is 0. The van der Waals surface area contributed by atoms with Gasteiger partial charge < -0.3 is 10.1 Å². The molecule has 1 aromatic carbocycles. The Morgan fingerprint density at radius 1 is 1.18 bits per heavy atom. The van der Waals surface area contributed by atoms with Crippen molar-refractivity contribution < 1.29 is 14.3 Å². The summed E-state index contributed by atoms with van der Waals surface area (Å²) in [5.74, 6) is -0.506. The van der Waals surface area contributed by atoms with Gasteiger partial charge in [-0.15, -0.1) is 0 Å². The Hall–Kier alpha value is -1.88. The fraction of sp³-hybridized carbons (Fsp3) is 0.529. The van der Waals surface area contributed by atoms with Crippen molar-refractivity contribution in [3.63, 3.8) is 0 Å². The zero-order valence-electron chi connectivity index (χ0n) is 13.9. The van der Waals surface area contributed by atoms with Gasteiger partial charge in [0.15, 0.2) is 0 Å². The average Bonchev–Trinajstić information content (AvgIpc) is 2.52. The minimum absolute atomic E-state index is 0.169. The van der Waals surface area contributed by atoms with Crippen molar-refractivity contribution in [2.45, 2.75) is 39.8 Å². The second kappa shape index (κ2) is 9.20. The predicted molar refractivity (Wildman–Crippen MR) is 86.6 cm³/mol. The minimum atomic E-state index is -0.331. The first-order chi connectivity index (χ1) is 10.5. The van der Waals surface area contributed by atoms with Crippen molar-refractivity contribution in [3.8, 4) is 0 Å². The van der Waals surface area contributed by atoms with Crippen LogP contribution in [0.2, 0.25) is 0 Å². The number of esters is 1. The molecule has 0 saturated carbocycles. The fourth-order valence-corrected chi connectivity index (χ4v) is 2.16. The Bertz CT molecular complexity index is 481. The van der Waals surface area contributed by atoms with E-state index in [0.29, 0.717) is 5.56 Å². The average molecular weight is 306 g/mol. The van der Waals surface area contributed by atoms with Gasteiger partial charge in [0.1, 0.15) is 0 Å². The van der Waals surface area contributed by atoms with Crippen LogP contribution in [0, 0.1) is 0 Å². The van der Waals surface area contributed by atoms with E-state index in [0.717, 1.165) is 19.6 Å². The molecule has 0 spiro atoms. The lowest BCUT2D eigenvalue weighted by Crippen LogP contribution is -2.34. The van der Waals surface area contributed by atoms with Crippen molar-refractivity contribution >= 4 is 11.9 Å². The van der Waals surface area contributed by atoms with Gasteiger partial charge in [0.2, 0.25) is 0 Å². The summed E-state index contributed by atoms with van der Waals surface area (Å²) in [5.41, 5.74) is 1.78. The molecule has 0 radical (unpaired) electrons. The highest BCUT2D eigenvalue weighted by molar-refractivity contribution is 5.94. The SMILES string of the molecule is CCN(CC)Cc1ccc(C(=O)N[C@@H](C)CC(=O)OC)cc1. The van der Waals surface area contributed by atoms with E-state index in [-0.39, 0.29) is 24.3 Å². The number of nitrogens with one attached hydrogen (secondary N) is 1. The molecule has 5 nitrogen and oxygen atoms in total. The smallest absolute Gasteiger partial charge is 0.307 e. The third-order valence-electron chi connectivity index (χ3n) is 3.59. The molecular formula is C17H26N2O3. The number of nitrogens with zero attached hydrogens (tertiary/aromatic N) is 1. The van der Waals surface area contributed by atoms with E-state index in [1.54, 1.807) is 6.92 Å². The van der Waals surface area contributed by atoms with Crippen LogP contribution < -0.4 is 5.32 Å². The molecule has 0 fully saturated rings. The van der Waals surface area contributed by atoms with Crippen LogP contribution in [0.25, 0.3) is 0 Å². The molecule has 1 rings (SSSR count). The molecule has 0 bridgehead atoms. The quantitative estimate of drug-likeness (QED) is 0.748. The van der Waals surface area contributed by atoms with E-state index in [1.807, 2.05) is 24.3 Å². The molecule has 1 aromatic rings. The highest BCUT2D eigenvalue weighted by Gasteiger charge is 2.13. The van der Waals surface area contributed by atoms with Gasteiger partial charge in [-0.3, -0.25) is 14.5 Å². The van der Waals surface area contributed by atoms with Gasteiger partial charge in [0.25, 0.3) is 5.91 Å². The Morgan fingerprint density at radius 2 is 1.77 bits per heavy atom. The summed E-state index contributed by atoms with van der Waals surface area (Å²) in [6.45, 7) is 8.94. The van der Waals surface area contributed by atoms with E-state index in [9.17, 15) is 9.59 Å². The van der Waals surface area contributed by atoms with E-state index < -0.39 is 0 Å². The summed E-state index contributed by atoms with van der Waals surface area (Å²) in [4.78, 5) is 25.6. The normalized spacial score (nSPS) is 12.0. The number of benzene rings is 1. The van der Waals surface area contributed by atoms with Gasteiger partial charge in [-0.25, -0.2) is 0 Å². The number of ether oxygens (including phenoxy) is 1. The summed E-state index contributed by atoms with van der Waals surface area (Å²) in [6, 6.07) is 7.32. The van der Waals surface area contributed by atoms with Crippen LogP contribution in [0.5, 0.6) is 0 Å². The number of carbonyl (C=O) groups excluding carboxylic acids is 2. The number of carbonyl (C=O) groups is 2. The van der Waals surface area contributed by atoms with Gasteiger partial charge in [-0.1, -0.05) is 26.0 Å². The lowest BCUT2D eigenvalue weighted by Gasteiger charge is -2.18. The molecule has 0 aliphatic heterocycles. The molecule has 1 amide bonds. The zero-order valence-corrected chi connectivity index (χ0v) is 13.9. The van der Waals surface area contributed by atoms with Gasteiger partial charge in [-0.2, -0.15) is 0 Å². The number of rotatable bonds is 8. The zero-order chi connectivity index (χ0) is 16.5. The van der Waals surface area contributed by atoms with Crippen molar-refractivity contribution in [2.24, 2.45) is 0 Å². The van der Waals surface area contributed by atoms with E-state index in [4.69, 9.17) is 0 Å². The Labute approximate surface area is 132 Å². The van der Waals surface area contributed by atoms with Crippen LogP contribution in [0.15, 0.2) is 24.3 Å². The number of hydrogen-bond donors (Lipinski definition) is 1. The predicted octanol–water partition coefficient (Wildman–Crippen LogP) is 2.21. The maximum absolute atomic E-state index is 12.1. The fourth-order valence-electron chi connectivity index (χ4n) is 2.16. The molecule has 5 heteroatoms.